The number of nitrogens with one attached hydrogen (secondary N) is 1. The van der Waals surface area contributed by atoms with Gasteiger partial charge < -0.3 is 19.5 Å². The van der Waals surface area contributed by atoms with Crippen LogP contribution in [0.5, 0.6) is 5.75 Å². The summed E-state index contributed by atoms with van der Waals surface area (Å²) in [6.45, 7) is 5.53. The molecular weight excluding hydrogens is 402 g/mol. The molecular formula is C15H21Br2NO3. The van der Waals surface area contributed by atoms with Crippen LogP contribution in [0.3, 0.4) is 0 Å². The second-order valence-corrected chi connectivity index (χ2v) is 6.87. The Labute approximate surface area is 142 Å². The average Bonchev–Trinajstić information content (AvgIpc) is 2.92. The Morgan fingerprint density at radius 1 is 1.38 bits per heavy atom. The zero-order valence-corrected chi connectivity index (χ0v) is 15.6. The molecule has 1 aromatic carbocycles. The first-order valence-corrected chi connectivity index (χ1v) is 8.63. The summed E-state index contributed by atoms with van der Waals surface area (Å²) in [5.74, 6) is 0.891. The molecule has 1 heterocycles. The third-order valence-electron chi connectivity index (χ3n) is 3.64. The van der Waals surface area contributed by atoms with Crippen molar-refractivity contribution in [2.75, 3.05) is 33.5 Å². The fraction of sp³-hybridized carbons (Fsp3) is 0.600. The van der Waals surface area contributed by atoms with Gasteiger partial charge in [0.2, 0.25) is 0 Å². The molecule has 1 N–H and O–H groups in total. The number of halogens is 2. The predicted molar refractivity (Wildman–Crippen MR) is 89.9 cm³/mol. The average molecular weight is 423 g/mol. The first kappa shape index (κ1) is 17.2. The third-order valence-corrected chi connectivity index (χ3v) is 4.68. The van der Waals surface area contributed by atoms with Crippen LogP contribution in [-0.2, 0) is 16.0 Å². The SMILES string of the molecule is CCOc1c(Br)cc(Br)cc1CNCC1(OC)CCOC1. The summed E-state index contributed by atoms with van der Waals surface area (Å²) in [7, 11) is 1.75. The van der Waals surface area contributed by atoms with Crippen molar-refractivity contribution in [3.8, 4) is 5.75 Å². The zero-order chi connectivity index (χ0) is 15.3. The van der Waals surface area contributed by atoms with Crippen LogP contribution in [0.15, 0.2) is 21.1 Å². The highest BCUT2D eigenvalue weighted by Gasteiger charge is 2.34. The van der Waals surface area contributed by atoms with E-state index < -0.39 is 0 Å². The molecule has 1 atom stereocenters. The van der Waals surface area contributed by atoms with Crippen molar-refractivity contribution in [1.29, 1.82) is 0 Å². The van der Waals surface area contributed by atoms with Crippen molar-refractivity contribution >= 4 is 31.9 Å². The lowest BCUT2D eigenvalue weighted by Crippen LogP contribution is -2.42. The fourth-order valence-electron chi connectivity index (χ4n) is 2.44. The summed E-state index contributed by atoms with van der Waals surface area (Å²) < 4.78 is 18.8. The van der Waals surface area contributed by atoms with Gasteiger partial charge >= 0.3 is 0 Å². The molecule has 2 rings (SSSR count). The highest BCUT2D eigenvalue weighted by Crippen LogP contribution is 2.33. The topological polar surface area (TPSA) is 39.7 Å². The monoisotopic (exact) mass is 421 g/mol. The zero-order valence-electron chi connectivity index (χ0n) is 12.4. The maximum Gasteiger partial charge on any atom is 0.138 e. The van der Waals surface area contributed by atoms with E-state index in [4.69, 9.17) is 14.2 Å². The van der Waals surface area contributed by atoms with Crippen molar-refractivity contribution in [1.82, 2.24) is 5.32 Å². The van der Waals surface area contributed by atoms with Gasteiger partial charge in [-0.05, 0) is 35.0 Å². The molecule has 1 saturated heterocycles. The van der Waals surface area contributed by atoms with Crippen molar-refractivity contribution in [2.45, 2.75) is 25.5 Å². The third kappa shape index (κ3) is 4.42. The number of benzene rings is 1. The lowest BCUT2D eigenvalue weighted by Gasteiger charge is -2.26. The maximum atomic E-state index is 5.73. The van der Waals surface area contributed by atoms with Crippen molar-refractivity contribution in [3.63, 3.8) is 0 Å². The first-order valence-electron chi connectivity index (χ1n) is 7.04. The van der Waals surface area contributed by atoms with E-state index in [1.807, 2.05) is 13.0 Å². The van der Waals surface area contributed by atoms with Crippen LogP contribution >= 0.6 is 31.9 Å². The summed E-state index contributed by atoms with van der Waals surface area (Å²) in [6.07, 6.45) is 0.928. The van der Waals surface area contributed by atoms with Gasteiger partial charge in [0.15, 0.2) is 0 Å². The fourth-order valence-corrected chi connectivity index (χ4v) is 3.87. The van der Waals surface area contributed by atoms with Crippen LogP contribution in [0.1, 0.15) is 18.9 Å². The van der Waals surface area contributed by atoms with Crippen LogP contribution in [0.2, 0.25) is 0 Å². The van der Waals surface area contributed by atoms with E-state index in [-0.39, 0.29) is 5.60 Å². The molecule has 0 radical (unpaired) electrons. The Balaban J connectivity index is 2.02. The molecule has 6 heteroatoms. The molecule has 4 nitrogen and oxygen atoms in total. The molecule has 118 valence electrons. The van der Waals surface area contributed by atoms with E-state index in [2.05, 4.69) is 43.2 Å². The minimum Gasteiger partial charge on any atom is -0.492 e. The lowest BCUT2D eigenvalue weighted by molar-refractivity contribution is -0.0159. The van der Waals surface area contributed by atoms with Crippen molar-refractivity contribution < 1.29 is 14.2 Å². The molecule has 21 heavy (non-hydrogen) atoms. The molecule has 1 fully saturated rings. The molecule has 1 aliphatic rings. The van der Waals surface area contributed by atoms with Gasteiger partial charge in [0.1, 0.15) is 11.4 Å². The van der Waals surface area contributed by atoms with E-state index in [1.54, 1.807) is 7.11 Å². The Morgan fingerprint density at radius 3 is 2.81 bits per heavy atom. The quantitative estimate of drug-likeness (QED) is 0.729. The smallest absolute Gasteiger partial charge is 0.138 e. The number of methoxy groups -OCH3 is 1. The Bertz CT molecular complexity index is 476. The lowest BCUT2D eigenvalue weighted by atomic mass is 10.0. The molecule has 1 aliphatic heterocycles. The molecule has 0 saturated carbocycles. The predicted octanol–water partition coefficient (Wildman–Crippen LogP) is 3.51. The summed E-state index contributed by atoms with van der Waals surface area (Å²) in [5.41, 5.74) is 0.915. The summed E-state index contributed by atoms with van der Waals surface area (Å²) in [4.78, 5) is 0. The summed E-state index contributed by atoms with van der Waals surface area (Å²) >= 11 is 7.08. The highest BCUT2D eigenvalue weighted by molar-refractivity contribution is 9.11. The van der Waals surface area contributed by atoms with E-state index in [0.29, 0.717) is 13.2 Å². The van der Waals surface area contributed by atoms with Gasteiger partial charge in [0.05, 0.1) is 17.7 Å². The van der Waals surface area contributed by atoms with E-state index in [1.165, 1.54) is 0 Å². The number of hydrogen-bond donors (Lipinski definition) is 1. The summed E-state index contributed by atoms with van der Waals surface area (Å²) in [5, 5.41) is 3.46. The second-order valence-electron chi connectivity index (χ2n) is 5.10. The molecule has 1 aromatic rings. The van der Waals surface area contributed by atoms with E-state index in [0.717, 1.165) is 46.4 Å². The minimum atomic E-state index is -0.199. The molecule has 0 aliphatic carbocycles. The molecule has 0 aromatic heterocycles. The normalized spacial score (nSPS) is 21.7. The van der Waals surface area contributed by atoms with Crippen LogP contribution < -0.4 is 10.1 Å². The summed E-state index contributed by atoms with van der Waals surface area (Å²) in [6, 6.07) is 4.07. The first-order chi connectivity index (χ1) is 10.1. The van der Waals surface area contributed by atoms with Crippen LogP contribution in [0.25, 0.3) is 0 Å². The van der Waals surface area contributed by atoms with E-state index in [9.17, 15) is 0 Å². The van der Waals surface area contributed by atoms with Crippen LogP contribution in [-0.4, -0.2) is 39.1 Å². The minimum absolute atomic E-state index is 0.199. The van der Waals surface area contributed by atoms with Gasteiger partial charge in [-0.3, -0.25) is 0 Å². The maximum absolute atomic E-state index is 5.73. The number of ether oxygens (including phenoxy) is 3. The Hall–Kier alpha value is -0.140. The van der Waals surface area contributed by atoms with Crippen LogP contribution in [0.4, 0.5) is 0 Å². The van der Waals surface area contributed by atoms with Gasteiger partial charge in [-0.15, -0.1) is 0 Å². The molecule has 0 amide bonds. The second kappa shape index (κ2) is 7.92. The van der Waals surface area contributed by atoms with Gasteiger partial charge in [0, 0.05) is 43.3 Å². The Kier molecular flexibility index (Phi) is 6.50. The molecule has 0 spiro atoms. The van der Waals surface area contributed by atoms with Gasteiger partial charge in [-0.2, -0.15) is 0 Å². The van der Waals surface area contributed by atoms with Gasteiger partial charge in [0.25, 0.3) is 0 Å². The largest absolute Gasteiger partial charge is 0.492 e. The number of hydrogen-bond acceptors (Lipinski definition) is 4. The molecule has 1 unspecified atom stereocenters. The van der Waals surface area contributed by atoms with Crippen molar-refractivity contribution in [3.05, 3.63) is 26.6 Å². The van der Waals surface area contributed by atoms with Gasteiger partial charge in [-0.25, -0.2) is 0 Å². The number of rotatable bonds is 7. The molecule has 0 bridgehead atoms. The van der Waals surface area contributed by atoms with E-state index >= 15 is 0 Å². The standard InChI is InChI=1S/C15H21Br2NO3/c1-3-21-14-11(6-12(16)7-13(14)17)8-18-9-15(19-2)4-5-20-10-15/h6-7,18H,3-5,8-10H2,1-2H3. The van der Waals surface area contributed by atoms with Gasteiger partial charge in [-0.1, -0.05) is 15.9 Å². The Morgan fingerprint density at radius 2 is 2.19 bits per heavy atom. The highest BCUT2D eigenvalue weighted by atomic mass is 79.9. The van der Waals surface area contributed by atoms with Crippen molar-refractivity contribution in [2.24, 2.45) is 0 Å². The van der Waals surface area contributed by atoms with Crippen LogP contribution in [0, 0.1) is 0 Å².